The Balaban J connectivity index is 1.62. The summed E-state index contributed by atoms with van der Waals surface area (Å²) in [5.74, 6) is 1.16. The Morgan fingerprint density at radius 3 is 2.81 bits per heavy atom. The average molecular weight is 391 g/mol. The van der Waals surface area contributed by atoms with Gasteiger partial charge in [0.1, 0.15) is 0 Å². The highest BCUT2D eigenvalue weighted by atomic mass is 32.1. The molecule has 3 rings (SSSR count). The number of nitrogens with one attached hydrogen (secondary N) is 1. The zero-order chi connectivity index (χ0) is 19.1. The lowest BCUT2D eigenvalue weighted by atomic mass is 10.2. The first kappa shape index (κ1) is 19.7. The Morgan fingerprint density at radius 1 is 1.30 bits per heavy atom. The number of benzene rings is 1. The van der Waals surface area contributed by atoms with E-state index in [-0.39, 0.29) is 12.0 Å². The Hall–Kier alpha value is -2.09. The summed E-state index contributed by atoms with van der Waals surface area (Å²) in [6.07, 6.45) is 2.35. The third kappa shape index (κ3) is 5.69. The summed E-state index contributed by atoms with van der Waals surface area (Å²) in [5.41, 5.74) is 0.686. The number of ether oxygens (including phenoxy) is 3. The van der Waals surface area contributed by atoms with E-state index < -0.39 is 0 Å². The zero-order valence-corrected chi connectivity index (χ0v) is 16.6. The van der Waals surface area contributed by atoms with Crippen LogP contribution in [0.5, 0.6) is 11.5 Å². The van der Waals surface area contributed by atoms with Crippen LogP contribution in [0.1, 0.15) is 17.7 Å². The summed E-state index contributed by atoms with van der Waals surface area (Å²) < 4.78 is 16.3. The fraction of sp³-hybridized carbons (Fsp3) is 0.450. The predicted molar refractivity (Wildman–Crippen MR) is 107 cm³/mol. The van der Waals surface area contributed by atoms with Gasteiger partial charge in [-0.2, -0.15) is 0 Å². The van der Waals surface area contributed by atoms with Gasteiger partial charge in [-0.25, -0.2) is 0 Å². The van der Waals surface area contributed by atoms with Gasteiger partial charge in [-0.1, -0.05) is 6.07 Å². The van der Waals surface area contributed by atoms with Crippen LogP contribution in [0.2, 0.25) is 0 Å². The molecule has 0 spiro atoms. The topological polar surface area (TPSA) is 60.0 Å². The second-order valence-electron chi connectivity index (χ2n) is 6.50. The zero-order valence-electron chi connectivity index (χ0n) is 15.8. The molecule has 2 aromatic rings. The van der Waals surface area contributed by atoms with Gasteiger partial charge in [-0.05, 0) is 36.4 Å². The molecule has 1 fully saturated rings. The van der Waals surface area contributed by atoms with Crippen molar-refractivity contribution in [3.05, 3.63) is 40.6 Å². The highest BCUT2D eigenvalue weighted by molar-refractivity contribution is 7.09. The smallest absolute Gasteiger partial charge is 0.238 e. The van der Waals surface area contributed by atoms with Crippen LogP contribution in [-0.2, 0) is 16.1 Å². The first-order valence-electron chi connectivity index (χ1n) is 9.06. The van der Waals surface area contributed by atoms with Crippen LogP contribution >= 0.6 is 11.3 Å². The Bertz CT molecular complexity index is 730. The van der Waals surface area contributed by atoms with Crippen LogP contribution in [0.25, 0.3) is 0 Å². The van der Waals surface area contributed by atoms with Gasteiger partial charge in [0.05, 0.1) is 26.9 Å². The summed E-state index contributed by atoms with van der Waals surface area (Å²) in [6, 6.07) is 9.49. The summed E-state index contributed by atoms with van der Waals surface area (Å²) in [7, 11) is 3.16. The molecule has 0 saturated carbocycles. The molecule has 146 valence electrons. The maximum Gasteiger partial charge on any atom is 0.238 e. The van der Waals surface area contributed by atoms with Crippen molar-refractivity contribution in [2.75, 3.05) is 39.2 Å². The fourth-order valence-corrected chi connectivity index (χ4v) is 3.95. The minimum Gasteiger partial charge on any atom is -0.493 e. The van der Waals surface area contributed by atoms with Crippen molar-refractivity contribution >= 4 is 22.9 Å². The molecule has 7 heteroatoms. The summed E-state index contributed by atoms with van der Waals surface area (Å²) >= 11 is 1.70. The molecule has 1 aromatic carbocycles. The minimum atomic E-state index is -0.0585. The van der Waals surface area contributed by atoms with Gasteiger partial charge in [-0.3, -0.25) is 9.69 Å². The van der Waals surface area contributed by atoms with E-state index in [4.69, 9.17) is 14.2 Å². The molecule has 1 aliphatic rings. The molecule has 1 aliphatic heterocycles. The number of carbonyl (C=O) groups excluding carboxylic acids is 1. The number of hydrogen-bond donors (Lipinski definition) is 1. The number of hydrogen-bond acceptors (Lipinski definition) is 6. The van der Waals surface area contributed by atoms with Crippen molar-refractivity contribution in [2.24, 2.45) is 0 Å². The first-order chi connectivity index (χ1) is 13.2. The fourth-order valence-electron chi connectivity index (χ4n) is 3.20. The molecule has 0 bridgehead atoms. The normalized spacial score (nSPS) is 16.5. The van der Waals surface area contributed by atoms with Gasteiger partial charge >= 0.3 is 0 Å². The van der Waals surface area contributed by atoms with E-state index in [0.29, 0.717) is 23.7 Å². The third-order valence-electron chi connectivity index (χ3n) is 4.48. The van der Waals surface area contributed by atoms with Gasteiger partial charge in [0, 0.05) is 36.3 Å². The van der Waals surface area contributed by atoms with E-state index in [0.717, 1.165) is 32.5 Å². The van der Waals surface area contributed by atoms with E-state index in [1.165, 1.54) is 4.88 Å². The highest BCUT2D eigenvalue weighted by Gasteiger charge is 2.21. The molecule has 27 heavy (non-hydrogen) atoms. The van der Waals surface area contributed by atoms with Crippen LogP contribution in [0.3, 0.4) is 0 Å². The lowest BCUT2D eigenvalue weighted by Gasteiger charge is -2.24. The first-order valence-corrected chi connectivity index (χ1v) is 9.94. The van der Waals surface area contributed by atoms with Crippen molar-refractivity contribution in [1.29, 1.82) is 0 Å². The largest absolute Gasteiger partial charge is 0.493 e. The second kappa shape index (κ2) is 9.73. The van der Waals surface area contributed by atoms with E-state index in [1.54, 1.807) is 37.7 Å². The van der Waals surface area contributed by atoms with Crippen molar-refractivity contribution in [1.82, 2.24) is 4.90 Å². The molecule has 2 heterocycles. The number of amides is 1. The lowest BCUT2D eigenvalue weighted by Crippen LogP contribution is -2.37. The standard InChI is InChI=1S/C20H26N2O4S/c1-24-18-8-7-15(11-19(18)25-2)21-20(23)14-22(12-16-5-3-9-26-16)13-17-6-4-10-27-17/h4,6-8,10-11,16H,3,5,9,12-14H2,1-2H3,(H,21,23)/t16-/m0/s1. The molecule has 1 aromatic heterocycles. The van der Waals surface area contributed by atoms with Crippen LogP contribution in [0.15, 0.2) is 35.7 Å². The number of nitrogens with zero attached hydrogens (tertiary/aromatic N) is 1. The van der Waals surface area contributed by atoms with E-state index in [9.17, 15) is 4.79 Å². The number of anilines is 1. The molecule has 6 nitrogen and oxygen atoms in total. The summed E-state index contributed by atoms with van der Waals surface area (Å²) in [5, 5.41) is 5.01. The van der Waals surface area contributed by atoms with Gasteiger partial charge in [-0.15, -0.1) is 11.3 Å². The molecular weight excluding hydrogens is 364 g/mol. The molecule has 1 N–H and O–H groups in total. The maximum absolute atomic E-state index is 12.6. The molecule has 1 atom stereocenters. The van der Waals surface area contributed by atoms with Crippen molar-refractivity contribution in [2.45, 2.75) is 25.5 Å². The molecule has 0 radical (unpaired) electrons. The molecule has 1 saturated heterocycles. The Labute approximate surface area is 164 Å². The molecule has 0 unspecified atom stereocenters. The van der Waals surface area contributed by atoms with Crippen molar-refractivity contribution < 1.29 is 19.0 Å². The average Bonchev–Trinajstić information content (AvgIpc) is 3.35. The van der Waals surface area contributed by atoms with Crippen LogP contribution in [-0.4, -0.2) is 50.8 Å². The SMILES string of the molecule is COc1ccc(NC(=O)CN(Cc2cccs2)C[C@@H]2CCCO2)cc1OC. The number of carbonyl (C=O) groups is 1. The van der Waals surface area contributed by atoms with Gasteiger partial charge in [0.2, 0.25) is 5.91 Å². The van der Waals surface area contributed by atoms with Crippen LogP contribution < -0.4 is 14.8 Å². The van der Waals surface area contributed by atoms with Gasteiger partial charge in [0.15, 0.2) is 11.5 Å². The number of rotatable bonds is 9. The van der Waals surface area contributed by atoms with E-state index >= 15 is 0 Å². The predicted octanol–water partition coefficient (Wildman–Crippen LogP) is 3.39. The lowest BCUT2D eigenvalue weighted by molar-refractivity contribution is -0.117. The van der Waals surface area contributed by atoms with Crippen LogP contribution in [0.4, 0.5) is 5.69 Å². The molecular formula is C20H26N2O4S. The monoisotopic (exact) mass is 390 g/mol. The van der Waals surface area contributed by atoms with Crippen molar-refractivity contribution in [3.63, 3.8) is 0 Å². The number of methoxy groups -OCH3 is 2. The summed E-state index contributed by atoms with van der Waals surface area (Å²) in [6.45, 7) is 2.63. The molecule has 0 aliphatic carbocycles. The highest BCUT2D eigenvalue weighted by Crippen LogP contribution is 2.29. The maximum atomic E-state index is 12.6. The number of thiophene rings is 1. The Kier molecular flexibility index (Phi) is 7.09. The van der Waals surface area contributed by atoms with Crippen molar-refractivity contribution in [3.8, 4) is 11.5 Å². The van der Waals surface area contributed by atoms with Gasteiger partial charge < -0.3 is 19.5 Å². The minimum absolute atomic E-state index is 0.0585. The van der Waals surface area contributed by atoms with E-state index in [1.807, 2.05) is 12.1 Å². The summed E-state index contributed by atoms with van der Waals surface area (Å²) in [4.78, 5) is 16.0. The molecule has 1 amide bonds. The Morgan fingerprint density at radius 2 is 2.15 bits per heavy atom. The van der Waals surface area contributed by atoms with E-state index in [2.05, 4.69) is 21.7 Å². The quantitative estimate of drug-likeness (QED) is 0.711. The second-order valence-corrected chi connectivity index (χ2v) is 7.53. The van der Waals surface area contributed by atoms with Gasteiger partial charge in [0.25, 0.3) is 0 Å². The third-order valence-corrected chi connectivity index (χ3v) is 5.34. The van der Waals surface area contributed by atoms with Crippen LogP contribution in [0, 0.1) is 0 Å².